The maximum Gasteiger partial charge on any atom is 0.433 e. The Kier molecular flexibility index (Phi) is 3.23. The van der Waals surface area contributed by atoms with Crippen molar-refractivity contribution in [3.8, 4) is 0 Å². The third kappa shape index (κ3) is 2.63. The Labute approximate surface area is 104 Å². The lowest BCUT2D eigenvalue weighted by Crippen LogP contribution is -1.83. The van der Waals surface area contributed by atoms with E-state index < -0.39 is 4.92 Å². The summed E-state index contributed by atoms with van der Waals surface area (Å²) in [6, 6.07) is 8.64. The molecule has 5 heteroatoms. The molecule has 1 aromatic carbocycles. The number of furan rings is 1. The molecule has 0 aliphatic carbocycles. The Morgan fingerprint density at radius 2 is 2.00 bits per heavy atom. The van der Waals surface area contributed by atoms with Crippen molar-refractivity contribution >= 4 is 17.8 Å². The van der Waals surface area contributed by atoms with Gasteiger partial charge < -0.3 is 4.42 Å². The molecule has 0 bridgehead atoms. The Hall–Kier alpha value is -2.43. The first-order valence-electron chi connectivity index (χ1n) is 5.42. The molecule has 1 heterocycles. The van der Waals surface area contributed by atoms with E-state index in [9.17, 15) is 10.1 Å². The lowest BCUT2D eigenvalue weighted by Gasteiger charge is -1.99. The van der Waals surface area contributed by atoms with Crippen LogP contribution in [0.1, 0.15) is 16.9 Å². The summed E-state index contributed by atoms with van der Waals surface area (Å²) in [4.78, 5) is 14.1. The van der Waals surface area contributed by atoms with Gasteiger partial charge >= 0.3 is 5.88 Å². The fourth-order valence-electron chi connectivity index (χ4n) is 1.45. The van der Waals surface area contributed by atoms with Gasteiger partial charge in [0.1, 0.15) is 4.92 Å². The van der Waals surface area contributed by atoms with Crippen LogP contribution in [0.2, 0.25) is 0 Å². The molecule has 2 aromatic rings. The normalized spacial score (nSPS) is 11.0. The highest BCUT2D eigenvalue weighted by Crippen LogP contribution is 2.18. The molecule has 1 aromatic heterocycles. The topological polar surface area (TPSA) is 68.6 Å². The molecule has 18 heavy (non-hydrogen) atoms. The summed E-state index contributed by atoms with van der Waals surface area (Å²) in [6.07, 6.45) is 1.47. The van der Waals surface area contributed by atoms with Crippen molar-refractivity contribution < 1.29 is 9.34 Å². The van der Waals surface area contributed by atoms with Crippen LogP contribution in [0.4, 0.5) is 11.6 Å². The molecule has 0 spiro atoms. The zero-order valence-corrected chi connectivity index (χ0v) is 10.1. The average Bonchev–Trinajstić information content (AvgIpc) is 2.79. The van der Waals surface area contributed by atoms with Gasteiger partial charge in [-0.2, -0.15) is 0 Å². The summed E-state index contributed by atoms with van der Waals surface area (Å²) in [7, 11) is 0. The molecule has 0 N–H and O–H groups in total. The van der Waals surface area contributed by atoms with Crippen molar-refractivity contribution in [3.63, 3.8) is 0 Å². The van der Waals surface area contributed by atoms with Gasteiger partial charge in [-0.15, -0.1) is 0 Å². The molecule has 92 valence electrons. The first-order valence-corrected chi connectivity index (χ1v) is 5.42. The van der Waals surface area contributed by atoms with Gasteiger partial charge in [-0.05, 0) is 43.2 Å². The van der Waals surface area contributed by atoms with Gasteiger partial charge in [0.05, 0.1) is 18.0 Å². The molecule has 2 rings (SSSR count). The van der Waals surface area contributed by atoms with E-state index >= 15 is 0 Å². The van der Waals surface area contributed by atoms with E-state index in [0.717, 1.165) is 11.3 Å². The lowest BCUT2D eigenvalue weighted by molar-refractivity contribution is -0.402. The van der Waals surface area contributed by atoms with Crippen LogP contribution >= 0.6 is 0 Å². The summed E-state index contributed by atoms with van der Waals surface area (Å²) >= 11 is 0. The SMILES string of the molecule is Cc1ccc(N=Cc2ccc([N+](=O)[O-])o2)cc1C. The minimum atomic E-state index is -0.576. The molecule has 0 aliphatic heterocycles. The van der Waals surface area contributed by atoms with Crippen LogP contribution in [0.5, 0.6) is 0 Å². The first kappa shape index (κ1) is 12.0. The number of hydrogen-bond donors (Lipinski definition) is 0. The Balaban J connectivity index is 2.19. The largest absolute Gasteiger partial charge is 0.433 e. The minimum absolute atomic E-state index is 0.281. The fraction of sp³-hybridized carbons (Fsp3) is 0.154. The van der Waals surface area contributed by atoms with Gasteiger partial charge in [-0.1, -0.05) is 6.07 Å². The third-order valence-corrected chi connectivity index (χ3v) is 2.62. The standard InChI is InChI=1S/C13H12N2O3/c1-9-3-4-11(7-10(9)2)14-8-12-5-6-13(18-12)15(16)17/h3-8H,1-2H3. The van der Waals surface area contributed by atoms with Crippen LogP contribution in [0.3, 0.4) is 0 Å². The van der Waals surface area contributed by atoms with E-state index in [-0.39, 0.29) is 5.88 Å². The van der Waals surface area contributed by atoms with Gasteiger partial charge in [0.15, 0.2) is 5.76 Å². The van der Waals surface area contributed by atoms with Crippen molar-refractivity contribution in [2.75, 3.05) is 0 Å². The Morgan fingerprint density at radius 3 is 2.61 bits per heavy atom. The first-order chi connectivity index (χ1) is 8.56. The fourth-order valence-corrected chi connectivity index (χ4v) is 1.45. The van der Waals surface area contributed by atoms with E-state index in [1.165, 1.54) is 23.9 Å². The summed E-state index contributed by atoms with van der Waals surface area (Å²) in [6.45, 7) is 4.03. The number of nitro groups is 1. The highest BCUT2D eigenvalue weighted by molar-refractivity contribution is 5.79. The van der Waals surface area contributed by atoms with Crippen molar-refractivity contribution in [2.24, 2.45) is 4.99 Å². The van der Waals surface area contributed by atoms with E-state index in [1.807, 2.05) is 32.0 Å². The molecule has 0 unspecified atom stereocenters. The van der Waals surface area contributed by atoms with Crippen LogP contribution in [-0.4, -0.2) is 11.1 Å². The number of aliphatic imine (C=N–C) groups is 1. The predicted molar refractivity (Wildman–Crippen MR) is 68.5 cm³/mol. The molecule has 0 radical (unpaired) electrons. The summed E-state index contributed by atoms with van der Waals surface area (Å²) in [5.74, 6) is 0.0801. The van der Waals surface area contributed by atoms with Crippen molar-refractivity contribution in [1.82, 2.24) is 0 Å². The smallest absolute Gasteiger partial charge is 0.400 e. The molecule has 0 saturated heterocycles. The van der Waals surface area contributed by atoms with Crippen LogP contribution in [-0.2, 0) is 0 Å². The number of rotatable bonds is 3. The van der Waals surface area contributed by atoms with Crippen molar-refractivity contribution in [2.45, 2.75) is 13.8 Å². The summed E-state index contributed by atoms with van der Waals surface area (Å²) < 4.78 is 4.97. The predicted octanol–water partition coefficient (Wildman–Crippen LogP) is 3.56. The minimum Gasteiger partial charge on any atom is -0.400 e. The van der Waals surface area contributed by atoms with E-state index in [2.05, 4.69) is 4.99 Å². The van der Waals surface area contributed by atoms with Crippen molar-refractivity contribution in [1.29, 1.82) is 0 Å². The molecule has 0 amide bonds. The number of nitrogens with zero attached hydrogens (tertiary/aromatic N) is 2. The number of hydrogen-bond acceptors (Lipinski definition) is 4. The second kappa shape index (κ2) is 4.83. The van der Waals surface area contributed by atoms with E-state index in [4.69, 9.17) is 4.42 Å². The van der Waals surface area contributed by atoms with Crippen LogP contribution in [0.25, 0.3) is 0 Å². The Bertz CT molecular complexity index is 614. The van der Waals surface area contributed by atoms with Crippen LogP contribution in [0.15, 0.2) is 39.7 Å². The zero-order chi connectivity index (χ0) is 13.1. The van der Waals surface area contributed by atoms with Gasteiger partial charge in [0, 0.05) is 0 Å². The molecule has 0 saturated carbocycles. The highest BCUT2D eigenvalue weighted by Gasteiger charge is 2.10. The van der Waals surface area contributed by atoms with E-state index in [1.54, 1.807) is 0 Å². The summed E-state index contributed by atoms with van der Waals surface area (Å²) in [5, 5.41) is 10.4. The zero-order valence-electron chi connectivity index (χ0n) is 10.1. The Morgan fingerprint density at radius 1 is 1.22 bits per heavy atom. The maximum atomic E-state index is 10.4. The number of benzene rings is 1. The quantitative estimate of drug-likeness (QED) is 0.471. The second-order valence-electron chi connectivity index (χ2n) is 3.96. The van der Waals surface area contributed by atoms with Gasteiger partial charge in [0.2, 0.25) is 0 Å². The van der Waals surface area contributed by atoms with Gasteiger partial charge in [-0.25, -0.2) is 0 Å². The van der Waals surface area contributed by atoms with Crippen LogP contribution in [0, 0.1) is 24.0 Å². The molecule has 0 fully saturated rings. The molecule has 0 atom stereocenters. The monoisotopic (exact) mass is 244 g/mol. The van der Waals surface area contributed by atoms with E-state index in [0.29, 0.717) is 5.76 Å². The van der Waals surface area contributed by atoms with Gasteiger partial charge in [0.25, 0.3) is 0 Å². The molecular formula is C13H12N2O3. The second-order valence-corrected chi connectivity index (χ2v) is 3.96. The van der Waals surface area contributed by atoms with Crippen molar-refractivity contribution in [3.05, 3.63) is 57.3 Å². The lowest BCUT2D eigenvalue weighted by atomic mass is 10.1. The third-order valence-electron chi connectivity index (χ3n) is 2.62. The maximum absolute atomic E-state index is 10.4. The molecule has 5 nitrogen and oxygen atoms in total. The highest BCUT2D eigenvalue weighted by atomic mass is 16.6. The molecule has 0 aliphatic rings. The average molecular weight is 244 g/mol. The summed E-state index contributed by atoms with van der Waals surface area (Å²) in [5.41, 5.74) is 3.13. The van der Waals surface area contributed by atoms with Crippen LogP contribution < -0.4 is 0 Å². The van der Waals surface area contributed by atoms with Gasteiger partial charge in [-0.3, -0.25) is 15.1 Å². The molecular weight excluding hydrogens is 232 g/mol. The number of aryl methyl sites for hydroxylation is 2.